The van der Waals surface area contributed by atoms with Crippen LogP contribution in [0.25, 0.3) is 11.0 Å². The second-order valence-electron chi connectivity index (χ2n) is 6.44. The maximum Gasteiger partial charge on any atom is 0.360 e. The Labute approximate surface area is 151 Å². The molecule has 0 bridgehead atoms. The van der Waals surface area contributed by atoms with E-state index in [4.69, 9.17) is 4.74 Å². The minimum absolute atomic E-state index is 0.0125. The summed E-state index contributed by atoms with van der Waals surface area (Å²) >= 11 is 1.85. The summed E-state index contributed by atoms with van der Waals surface area (Å²) < 4.78 is 21.8. The van der Waals surface area contributed by atoms with E-state index < -0.39 is 11.5 Å². The molecule has 4 heterocycles. The minimum atomic E-state index is -0.484. The molecular formula is C15H17FIN5O2. The highest BCUT2D eigenvalue weighted by molar-refractivity contribution is 14.1. The number of nitrogens with zero attached hydrogens (tertiary/aromatic N) is 5. The van der Waals surface area contributed by atoms with E-state index in [1.165, 1.54) is 2.78 Å². The molecule has 9 heteroatoms. The van der Waals surface area contributed by atoms with E-state index in [0.29, 0.717) is 36.0 Å². The lowest BCUT2D eigenvalue weighted by Gasteiger charge is -2.43. The molecule has 4 rings (SSSR count). The standard InChI is InChI=1S/C15H17FIN5O2/c1-7-4-21-9(5-20(7)3)6-24-12-10-13(21)19-15(23)22(17)14(10)18-8(2)11(12)16/h7,9H,4-6H2,1-3H3. The van der Waals surface area contributed by atoms with Crippen molar-refractivity contribution in [2.45, 2.75) is 25.9 Å². The highest BCUT2D eigenvalue weighted by Crippen LogP contribution is 2.39. The average Bonchev–Trinajstić information content (AvgIpc) is 2.68. The number of likely N-dealkylation sites (N-methyl/N-ethyl adjacent to an activating group) is 1. The van der Waals surface area contributed by atoms with Crippen molar-refractivity contribution in [3.05, 3.63) is 22.0 Å². The van der Waals surface area contributed by atoms with Gasteiger partial charge in [-0.3, -0.25) is 4.90 Å². The van der Waals surface area contributed by atoms with E-state index in [2.05, 4.69) is 33.7 Å². The molecule has 0 aromatic carbocycles. The summed E-state index contributed by atoms with van der Waals surface area (Å²) in [6.45, 7) is 5.50. The number of hydrogen-bond donors (Lipinski definition) is 0. The largest absolute Gasteiger partial charge is 0.487 e. The van der Waals surface area contributed by atoms with Gasteiger partial charge in [0.2, 0.25) is 0 Å². The fourth-order valence-electron chi connectivity index (χ4n) is 3.37. The summed E-state index contributed by atoms with van der Waals surface area (Å²) in [5.41, 5.74) is 0.200. The van der Waals surface area contributed by atoms with Crippen LogP contribution in [0.5, 0.6) is 5.75 Å². The highest BCUT2D eigenvalue weighted by atomic mass is 127. The van der Waals surface area contributed by atoms with Gasteiger partial charge in [-0.05, 0) is 20.9 Å². The maximum absolute atomic E-state index is 14.7. The summed E-state index contributed by atoms with van der Waals surface area (Å²) in [5, 5.41) is 0.478. The third-order valence-corrected chi connectivity index (χ3v) is 5.73. The first-order valence-corrected chi connectivity index (χ1v) is 8.73. The molecule has 1 fully saturated rings. The molecule has 2 aromatic rings. The number of hydrogen-bond acceptors (Lipinski definition) is 6. The van der Waals surface area contributed by atoms with E-state index in [-0.39, 0.29) is 17.5 Å². The topological polar surface area (TPSA) is 63.5 Å². The number of piperazine rings is 1. The predicted octanol–water partition coefficient (Wildman–Crippen LogP) is 1.34. The number of pyridine rings is 1. The van der Waals surface area contributed by atoms with Crippen molar-refractivity contribution in [1.29, 1.82) is 0 Å². The van der Waals surface area contributed by atoms with Crippen LogP contribution in [0.4, 0.5) is 10.2 Å². The Kier molecular flexibility index (Phi) is 3.68. The van der Waals surface area contributed by atoms with Crippen LogP contribution in [-0.2, 0) is 0 Å². The third-order valence-electron chi connectivity index (χ3n) is 4.87. The molecule has 128 valence electrons. The van der Waals surface area contributed by atoms with Gasteiger partial charge in [-0.15, -0.1) is 0 Å². The molecule has 0 aliphatic carbocycles. The van der Waals surface area contributed by atoms with Crippen LogP contribution < -0.4 is 15.3 Å². The van der Waals surface area contributed by atoms with Crippen molar-refractivity contribution < 1.29 is 9.13 Å². The Hall–Kier alpha value is -1.49. The lowest BCUT2D eigenvalue weighted by Crippen LogP contribution is -2.58. The first kappa shape index (κ1) is 16.0. The monoisotopic (exact) mass is 445 g/mol. The molecule has 24 heavy (non-hydrogen) atoms. The molecular weight excluding hydrogens is 428 g/mol. The number of rotatable bonds is 0. The number of halogens is 2. The van der Waals surface area contributed by atoms with Gasteiger partial charge in [0.15, 0.2) is 17.2 Å². The molecule has 0 spiro atoms. The van der Waals surface area contributed by atoms with Gasteiger partial charge >= 0.3 is 5.69 Å². The predicted molar refractivity (Wildman–Crippen MR) is 96.6 cm³/mol. The van der Waals surface area contributed by atoms with Crippen LogP contribution in [0.3, 0.4) is 0 Å². The van der Waals surface area contributed by atoms with E-state index in [1.54, 1.807) is 6.92 Å². The summed E-state index contributed by atoms with van der Waals surface area (Å²) in [5.74, 6) is 0.142. The van der Waals surface area contributed by atoms with Crippen LogP contribution in [-0.4, -0.2) is 56.5 Å². The third kappa shape index (κ3) is 2.20. The molecule has 0 radical (unpaired) electrons. The fraction of sp³-hybridized carbons (Fsp3) is 0.533. The smallest absolute Gasteiger partial charge is 0.360 e. The molecule has 2 unspecified atom stereocenters. The lowest BCUT2D eigenvalue weighted by molar-refractivity contribution is 0.164. The summed E-state index contributed by atoms with van der Waals surface area (Å²) in [6.07, 6.45) is 0. The van der Waals surface area contributed by atoms with Crippen LogP contribution in [0.15, 0.2) is 4.79 Å². The normalized spacial score (nSPS) is 23.8. The molecule has 2 aliphatic rings. The Balaban J connectivity index is 2.05. The molecule has 1 saturated heterocycles. The first-order valence-electron chi connectivity index (χ1n) is 7.77. The van der Waals surface area contributed by atoms with Gasteiger partial charge in [0.05, 0.1) is 34.6 Å². The van der Waals surface area contributed by atoms with Gasteiger partial charge in [0.1, 0.15) is 17.8 Å². The summed E-state index contributed by atoms with van der Waals surface area (Å²) in [4.78, 5) is 25.1. The van der Waals surface area contributed by atoms with Crippen molar-refractivity contribution in [2.75, 3.05) is 31.6 Å². The van der Waals surface area contributed by atoms with Crippen molar-refractivity contribution >= 4 is 39.7 Å². The Morgan fingerprint density at radius 1 is 1.33 bits per heavy atom. The Bertz CT molecular complexity index is 902. The van der Waals surface area contributed by atoms with Gasteiger partial charge in [-0.2, -0.15) is 4.98 Å². The van der Waals surface area contributed by atoms with Crippen molar-refractivity contribution in [1.82, 2.24) is 17.6 Å². The van der Waals surface area contributed by atoms with Gasteiger partial charge in [-0.25, -0.2) is 16.9 Å². The molecule has 0 saturated carbocycles. The molecule has 2 aliphatic heterocycles. The van der Waals surface area contributed by atoms with E-state index in [0.717, 1.165) is 6.54 Å². The van der Waals surface area contributed by atoms with Crippen LogP contribution >= 0.6 is 22.9 Å². The summed E-state index contributed by atoms with van der Waals surface area (Å²) in [6, 6.07) is 0.309. The van der Waals surface area contributed by atoms with Crippen molar-refractivity contribution in [2.24, 2.45) is 0 Å². The first-order chi connectivity index (χ1) is 11.4. The van der Waals surface area contributed by atoms with Gasteiger partial charge in [0, 0.05) is 19.1 Å². The van der Waals surface area contributed by atoms with E-state index in [1.807, 2.05) is 22.9 Å². The number of aryl methyl sites for hydroxylation is 1. The highest BCUT2D eigenvalue weighted by Gasteiger charge is 2.36. The fourth-order valence-corrected chi connectivity index (χ4v) is 3.83. The maximum atomic E-state index is 14.7. The number of ether oxygens (including phenoxy) is 1. The second-order valence-corrected chi connectivity index (χ2v) is 7.41. The number of anilines is 1. The molecule has 7 nitrogen and oxygen atoms in total. The van der Waals surface area contributed by atoms with E-state index >= 15 is 0 Å². The van der Waals surface area contributed by atoms with Crippen LogP contribution in [0.1, 0.15) is 12.6 Å². The van der Waals surface area contributed by atoms with Gasteiger partial charge in [-0.1, -0.05) is 0 Å². The van der Waals surface area contributed by atoms with Crippen LogP contribution in [0, 0.1) is 12.7 Å². The Morgan fingerprint density at radius 2 is 2.08 bits per heavy atom. The summed E-state index contributed by atoms with van der Waals surface area (Å²) in [7, 11) is 2.05. The number of fused-ring (bicyclic) bond motifs is 2. The van der Waals surface area contributed by atoms with E-state index in [9.17, 15) is 9.18 Å². The quantitative estimate of drug-likeness (QED) is 0.571. The zero-order chi connectivity index (χ0) is 17.2. The molecule has 2 aromatic heterocycles. The lowest BCUT2D eigenvalue weighted by atomic mass is 10.1. The molecule has 0 N–H and O–H groups in total. The van der Waals surface area contributed by atoms with Gasteiger partial charge < -0.3 is 9.64 Å². The molecule has 0 amide bonds. The zero-order valence-electron chi connectivity index (χ0n) is 13.6. The van der Waals surface area contributed by atoms with Crippen LogP contribution in [0.2, 0.25) is 0 Å². The number of aromatic nitrogens is 3. The molecule has 2 atom stereocenters. The Morgan fingerprint density at radius 3 is 2.83 bits per heavy atom. The zero-order valence-corrected chi connectivity index (χ0v) is 15.7. The van der Waals surface area contributed by atoms with Gasteiger partial charge in [0.25, 0.3) is 0 Å². The van der Waals surface area contributed by atoms with Crippen molar-refractivity contribution in [3.63, 3.8) is 0 Å². The average molecular weight is 445 g/mol. The second kappa shape index (κ2) is 5.51. The minimum Gasteiger partial charge on any atom is -0.487 e. The van der Waals surface area contributed by atoms with Crippen molar-refractivity contribution in [3.8, 4) is 5.75 Å². The SMILES string of the molecule is Cc1nc2c3c(nc(=O)n2I)N2CC(C)N(C)CC2COc3c1F.